The first-order chi connectivity index (χ1) is 14.2. The van der Waals surface area contributed by atoms with Gasteiger partial charge in [-0.15, -0.1) is 13.2 Å². The molecule has 2 aliphatic heterocycles. The molecule has 1 N–H and O–H groups in total. The van der Waals surface area contributed by atoms with Crippen LogP contribution in [0.25, 0.3) is 0 Å². The van der Waals surface area contributed by atoms with E-state index in [1.165, 1.54) is 30.5 Å². The summed E-state index contributed by atoms with van der Waals surface area (Å²) in [6, 6.07) is 6.85. The van der Waals surface area contributed by atoms with Crippen LogP contribution in [0, 0.1) is 11.8 Å². The van der Waals surface area contributed by atoms with Crippen LogP contribution in [0.15, 0.2) is 36.5 Å². The van der Waals surface area contributed by atoms with Crippen molar-refractivity contribution in [2.45, 2.75) is 12.9 Å². The smallest absolute Gasteiger partial charge is 0.476 e. The van der Waals surface area contributed by atoms with E-state index in [1.54, 1.807) is 11.0 Å². The second-order valence-corrected chi connectivity index (χ2v) is 7.55. The van der Waals surface area contributed by atoms with Gasteiger partial charge in [-0.1, -0.05) is 12.1 Å². The lowest BCUT2D eigenvalue weighted by Crippen LogP contribution is -2.36. The van der Waals surface area contributed by atoms with Gasteiger partial charge < -0.3 is 14.7 Å². The number of hydrogen-bond acceptors (Lipinski definition) is 5. The zero-order valence-electron chi connectivity index (χ0n) is 15.7. The second-order valence-electron chi connectivity index (χ2n) is 7.55. The first kappa shape index (κ1) is 20.2. The van der Waals surface area contributed by atoms with Crippen LogP contribution in [0.1, 0.15) is 16.1 Å². The van der Waals surface area contributed by atoms with E-state index in [4.69, 9.17) is 5.11 Å². The molecule has 2 atom stereocenters. The summed E-state index contributed by atoms with van der Waals surface area (Å²) in [7, 11) is 0. The molecule has 0 bridgehead atoms. The molecular weight excluding hydrogens is 405 g/mol. The predicted molar refractivity (Wildman–Crippen MR) is 96.9 cm³/mol. The number of halogens is 3. The maximum Gasteiger partial charge on any atom is 0.573 e. The molecule has 1 aromatic carbocycles. The average molecular weight is 424 g/mol. The Kier molecular flexibility index (Phi) is 5.14. The Balaban J connectivity index is 1.33. The zero-order valence-corrected chi connectivity index (χ0v) is 15.7. The molecule has 2 aliphatic rings. The fourth-order valence-electron chi connectivity index (χ4n) is 4.16. The predicted octanol–water partition coefficient (Wildman–Crippen LogP) is 2.51. The normalized spacial score (nSPS) is 21.6. The lowest BCUT2D eigenvalue weighted by Gasteiger charge is -2.21. The second kappa shape index (κ2) is 7.63. The highest BCUT2D eigenvalue weighted by Crippen LogP contribution is 2.33. The molecule has 160 valence electrons. The lowest BCUT2D eigenvalue weighted by atomic mass is 10.0. The van der Waals surface area contributed by atoms with Gasteiger partial charge in [0.05, 0.1) is 0 Å². The first-order valence-corrected chi connectivity index (χ1v) is 9.33. The van der Waals surface area contributed by atoms with Crippen molar-refractivity contribution in [1.82, 2.24) is 19.6 Å². The van der Waals surface area contributed by atoms with Crippen molar-refractivity contribution in [2.24, 2.45) is 11.8 Å². The molecule has 11 heteroatoms. The number of alkyl halides is 3. The number of carbonyl (C=O) groups is 2. The Hall–Kier alpha value is -3.08. The van der Waals surface area contributed by atoms with Crippen LogP contribution < -0.4 is 4.74 Å². The molecule has 2 fully saturated rings. The third-order valence-electron chi connectivity index (χ3n) is 5.37. The van der Waals surface area contributed by atoms with Crippen LogP contribution in [0.2, 0.25) is 0 Å². The van der Waals surface area contributed by atoms with E-state index in [0.29, 0.717) is 19.6 Å². The topological polar surface area (TPSA) is 87.9 Å². The number of aromatic nitrogens is 2. The molecule has 3 heterocycles. The van der Waals surface area contributed by atoms with Gasteiger partial charge in [-0.05, 0) is 35.6 Å². The van der Waals surface area contributed by atoms with Gasteiger partial charge in [-0.2, -0.15) is 9.78 Å². The van der Waals surface area contributed by atoms with Crippen LogP contribution in [-0.4, -0.2) is 69.2 Å². The number of nitrogens with zero attached hydrogens (tertiary/aromatic N) is 4. The van der Waals surface area contributed by atoms with Gasteiger partial charge in [-0.25, -0.2) is 9.59 Å². The van der Waals surface area contributed by atoms with Gasteiger partial charge in [0, 0.05) is 38.9 Å². The molecule has 1 amide bonds. The number of carboxylic acids is 1. The summed E-state index contributed by atoms with van der Waals surface area (Å²) in [5.74, 6) is -0.938. The standard InChI is InChI=1S/C19H19F3N4O4/c20-19(21,22)30-15-3-1-2-12(6-15)7-24-8-13-10-25(11-14(13)9-24)18(29)26-5-4-16(23-26)17(27)28/h1-6,13-14H,7-11H2,(H,27,28). The van der Waals surface area contributed by atoms with Crippen LogP contribution in [0.5, 0.6) is 5.75 Å². The van der Waals surface area contributed by atoms with Crippen LogP contribution in [0.4, 0.5) is 18.0 Å². The monoisotopic (exact) mass is 424 g/mol. The maximum absolute atomic E-state index is 12.6. The van der Waals surface area contributed by atoms with Crippen molar-refractivity contribution >= 4 is 12.0 Å². The molecule has 0 aliphatic carbocycles. The SMILES string of the molecule is O=C(O)c1ccn(C(=O)N2CC3CN(Cc4cccc(OC(F)(F)F)c4)CC3C2)n1. The fraction of sp³-hybridized carbons (Fsp3) is 0.421. The number of carbonyl (C=O) groups excluding carboxylic acids is 1. The average Bonchev–Trinajstić information content (AvgIpc) is 3.34. The Bertz CT molecular complexity index is 947. The molecule has 0 radical (unpaired) electrons. The van der Waals surface area contributed by atoms with E-state index < -0.39 is 12.3 Å². The quantitative estimate of drug-likeness (QED) is 0.812. The number of fused-ring (bicyclic) bond motifs is 1. The highest BCUT2D eigenvalue weighted by molar-refractivity contribution is 5.86. The van der Waals surface area contributed by atoms with Gasteiger partial charge in [0.25, 0.3) is 0 Å². The highest BCUT2D eigenvalue weighted by Gasteiger charge is 2.42. The molecule has 2 saturated heterocycles. The summed E-state index contributed by atoms with van der Waals surface area (Å²) < 4.78 is 42.2. The number of amides is 1. The van der Waals surface area contributed by atoms with Gasteiger partial charge in [0.15, 0.2) is 5.69 Å². The summed E-state index contributed by atoms with van der Waals surface area (Å²) >= 11 is 0. The van der Waals surface area contributed by atoms with Gasteiger partial charge in [-0.3, -0.25) is 4.90 Å². The molecule has 8 nitrogen and oxygen atoms in total. The van der Waals surface area contributed by atoms with Gasteiger partial charge in [0.2, 0.25) is 0 Å². The molecule has 0 spiro atoms. The first-order valence-electron chi connectivity index (χ1n) is 9.33. The van der Waals surface area contributed by atoms with E-state index in [9.17, 15) is 22.8 Å². The molecule has 2 unspecified atom stereocenters. The highest BCUT2D eigenvalue weighted by atomic mass is 19.4. The van der Waals surface area contributed by atoms with Crippen molar-refractivity contribution < 1.29 is 32.6 Å². The van der Waals surface area contributed by atoms with Crippen molar-refractivity contribution in [3.63, 3.8) is 0 Å². The molecular formula is C19H19F3N4O4. The van der Waals surface area contributed by atoms with E-state index in [-0.39, 0.29) is 29.3 Å². The van der Waals surface area contributed by atoms with E-state index in [0.717, 1.165) is 23.3 Å². The largest absolute Gasteiger partial charge is 0.573 e. The summed E-state index contributed by atoms with van der Waals surface area (Å²) in [6.07, 6.45) is -3.39. The number of benzene rings is 1. The number of hydrogen-bond donors (Lipinski definition) is 1. The molecule has 1 aromatic heterocycles. The number of carboxylic acid groups (broad SMARTS) is 1. The number of aromatic carboxylic acids is 1. The van der Waals surface area contributed by atoms with Crippen molar-refractivity contribution in [1.29, 1.82) is 0 Å². The summed E-state index contributed by atoms with van der Waals surface area (Å²) in [5, 5.41) is 12.7. The molecule has 30 heavy (non-hydrogen) atoms. The van der Waals surface area contributed by atoms with Crippen molar-refractivity contribution in [3.8, 4) is 5.75 Å². The molecule has 4 rings (SSSR count). The fourth-order valence-corrected chi connectivity index (χ4v) is 4.16. The van der Waals surface area contributed by atoms with Crippen LogP contribution in [0.3, 0.4) is 0 Å². The molecule has 2 aromatic rings. The number of ether oxygens (including phenoxy) is 1. The van der Waals surface area contributed by atoms with E-state index >= 15 is 0 Å². The Morgan fingerprint density at radius 3 is 2.43 bits per heavy atom. The zero-order chi connectivity index (χ0) is 21.5. The van der Waals surface area contributed by atoms with Crippen molar-refractivity contribution in [3.05, 3.63) is 47.8 Å². The minimum absolute atomic E-state index is 0.189. The third kappa shape index (κ3) is 4.40. The number of rotatable bonds is 4. The summed E-state index contributed by atoms with van der Waals surface area (Å²) in [4.78, 5) is 27.3. The van der Waals surface area contributed by atoms with Crippen molar-refractivity contribution in [2.75, 3.05) is 26.2 Å². The minimum atomic E-state index is -4.72. The van der Waals surface area contributed by atoms with E-state index in [2.05, 4.69) is 14.7 Å². The summed E-state index contributed by atoms with van der Waals surface area (Å²) in [5.41, 5.74) is 0.535. The third-order valence-corrected chi connectivity index (χ3v) is 5.37. The summed E-state index contributed by atoms with van der Waals surface area (Å²) in [6.45, 7) is 2.99. The lowest BCUT2D eigenvalue weighted by molar-refractivity contribution is -0.274. The van der Waals surface area contributed by atoms with Crippen LogP contribution in [-0.2, 0) is 6.54 Å². The Labute approximate surface area is 169 Å². The minimum Gasteiger partial charge on any atom is -0.476 e. The number of likely N-dealkylation sites (tertiary alicyclic amines) is 2. The molecule has 0 saturated carbocycles. The van der Waals surface area contributed by atoms with E-state index in [1.807, 2.05) is 0 Å². The Morgan fingerprint density at radius 2 is 1.83 bits per heavy atom. The van der Waals surface area contributed by atoms with Gasteiger partial charge in [0.1, 0.15) is 5.75 Å². The van der Waals surface area contributed by atoms with Crippen LogP contribution >= 0.6 is 0 Å². The Morgan fingerprint density at radius 1 is 1.13 bits per heavy atom. The van der Waals surface area contributed by atoms with Gasteiger partial charge >= 0.3 is 18.4 Å². The maximum atomic E-state index is 12.6.